The van der Waals surface area contributed by atoms with Gasteiger partial charge in [0.1, 0.15) is 5.75 Å². The number of nitrogens with zero attached hydrogens (tertiary/aromatic N) is 2. The molecule has 1 aliphatic heterocycles. The Morgan fingerprint density at radius 2 is 2.04 bits per heavy atom. The molecule has 2 heterocycles. The maximum absolute atomic E-state index is 12.6. The second-order valence-corrected chi connectivity index (χ2v) is 6.67. The lowest BCUT2D eigenvalue weighted by atomic mass is 10.2. The topological polar surface area (TPSA) is 54.5 Å². The first-order valence-corrected chi connectivity index (χ1v) is 8.99. The molecule has 1 aliphatic rings. The van der Waals surface area contributed by atoms with Crippen LogP contribution < -0.4 is 15.0 Å². The molecule has 27 heavy (non-hydrogen) atoms. The Morgan fingerprint density at radius 3 is 2.85 bits per heavy atom. The van der Waals surface area contributed by atoms with Gasteiger partial charge in [-0.2, -0.15) is 0 Å². The molecule has 0 unspecified atom stereocenters. The predicted molar refractivity (Wildman–Crippen MR) is 107 cm³/mol. The second-order valence-electron chi connectivity index (χ2n) is 6.27. The van der Waals surface area contributed by atoms with Gasteiger partial charge in [0.25, 0.3) is 5.91 Å². The van der Waals surface area contributed by atoms with E-state index in [1.54, 1.807) is 37.7 Å². The highest BCUT2D eigenvalue weighted by atomic mass is 35.5. The van der Waals surface area contributed by atoms with E-state index in [1.807, 2.05) is 18.2 Å². The van der Waals surface area contributed by atoms with E-state index in [0.717, 1.165) is 18.7 Å². The zero-order valence-electron chi connectivity index (χ0n) is 14.8. The minimum atomic E-state index is -0.238. The van der Waals surface area contributed by atoms with Crippen LogP contribution >= 0.6 is 11.6 Å². The number of hydrogen-bond acceptors (Lipinski definition) is 4. The number of benzene rings is 2. The molecule has 2 aromatic carbocycles. The normalized spacial score (nSPS) is 12.6. The zero-order chi connectivity index (χ0) is 18.8. The Labute approximate surface area is 162 Å². The molecule has 0 saturated heterocycles. The number of anilines is 3. The van der Waals surface area contributed by atoms with E-state index in [1.165, 1.54) is 11.3 Å². The van der Waals surface area contributed by atoms with Crippen LogP contribution in [0.25, 0.3) is 0 Å². The van der Waals surface area contributed by atoms with Gasteiger partial charge in [-0.25, -0.2) is 0 Å². The fourth-order valence-corrected chi connectivity index (χ4v) is 3.51. The smallest absolute Gasteiger partial charge is 0.257 e. The third-order valence-corrected chi connectivity index (χ3v) is 4.89. The molecule has 0 radical (unpaired) electrons. The van der Waals surface area contributed by atoms with Crippen molar-refractivity contribution in [2.45, 2.75) is 6.42 Å². The summed E-state index contributed by atoms with van der Waals surface area (Å²) in [6.45, 7) is 0.875. The van der Waals surface area contributed by atoms with Crippen LogP contribution in [0.5, 0.6) is 5.75 Å². The first-order chi connectivity index (χ1) is 13.2. The van der Waals surface area contributed by atoms with Crippen molar-refractivity contribution in [1.82, 2.24) is 4.98 Å². The maximum atomic E-state index is 12.6. The van der Waals surface area contributed by atoms with Crippen molar-refractivity contribution in [3.63, 3.8) is 0 Å². The SMILES string of the molecule is COc1ccc(NC(=O)c2cncc(N3CCc4ccccc43)c2)cc1Cl. The van der Waals surface area contributed by atoms with Gasteiger partial charge in [-0.05, 0) is 42.3 Å². The minimum Gasteiger partial charge on any atom is -0.495 e. The number of rotatable bonds is 4. The van der Waals surface area contributed by atoms with Gasteiger partial charge in [0.15, 0.2) is 0 Å². The fraction of sp³-hybridized carbons (Fsp3) is 0.143. The van der Waals surface area contributed by atoms with Crippen molar-refractivity contribution in [3.8, 4) is 5.75 Å². The quantitative estimate of drug-likeness (QED) is 0.714. The number of carbonyl (C=O) groups excluding carboxylic acids is 1. The summed E-state index contributed by atoms with van der Waals surface area (Å²) in [6, 6.07) is 15.3. The van der Waals surface area contributed by atoms with Gasteiger partial charge >= 0.3 is 0 Å². The van der Waals surface area contributed by atoms with E-state index >= 15 is 0 Å². The van der Waals surface area contributed by atoms with Crippen molar-refractivity contribution in [1.29, 1.82) is 0 Å². The van der Waals surface area contributed by atoms with E-state index < -0.39 is 0 Å². The monoisotopic (exact) mass is 379 g/mol. The van der Waals surface area contributed by atoms with Crippen molar-refractivity contribution in [3.05, 3.63) is 77.1 Å². The summed E-state index contributed by atoms with van der Waals surface area (Å²) < 4.78 is 5.13. The average molecular weight is 380 g/mol. The number of carbonyl (C=O) groups is 1. The first kappa shape index (κ1) is 17.4. The van der Waals surface area contributed by atoms with Crippen LogP contribution in [-0.2, 0) is 6.42 Å². The molecule has 136 valence electrons. The third-order valence-electron chi connectivity index (χ3n) is 4.59. The number of methoxy groups -OCH3 is 1. The molecule has 1 amide bonds. The van der Waals surface area contributed by atoms with Crippen LogP contribution in [0.2, 0.25) is 5.02 Å². The molecule has 4 rings (SSSR count). The van der Waals surface area contributed by atoms with Crippen molar-refractivity contribution >= 4 is 34.6 Å². The molecule has 0 fully saturated rings. The first-order valence-electron chi connectivity index (χ1n) is 8.61. The fourth-order valence-electron chi connectivity index (χ4n) is 3.25. The van der Waals surface area contributed by atoms with Gasteiger partial charge in [0.2, 0.25) is 0 Å². The number of aromatic nitrogens is 1. The number of amides is 1. The Bertz CT molecular complexity index is 1010. The Kier molecular flexibility index (Phi) is 4.69. The van der Waals surface area contributed by atoms with E-state index in [4.69, 9.17) is 16.3 Å². The van der Waals surface area contributed by atoms with Crippen LogP contribution in [-0.4, -0.2) is 24.5 Å². The van der Waals surface area contributed by atoms with Gasteiger partial charge in [0, 0.05) is 24.1 Å². The molecular weight excluding hydrogens is 362 g/mol. The molecule has 5 nitrogen and oxygen atoms in total. The number of ether oxygens (including phenoxy) is 1. The summed E-state index contributed by atoms with van der Waals surface area (Å²) in [6.07, 6.45) is 4.33. The zero-order valence-corrected chi connectivity index (χ0v) is 15.5. The van der Waals surface area contributed by atoms with E-state index in [2.05, 4.69) is 27.3 Å². The Hall–Kier alpha value is -3.05. The number of halogens is 1. The summed E-state index contributed by atoms with van der Waals surface area (Å²) in [4.78, 5) is 19.1. The number of pyridine rings is 1. The highest BCUT2D eigenvalue weighted by Gasteiger charge is 2.21. The lowest BCUT2D eigenvalue weighted by molar-refractivity contribution is 0.102. The molecule has 0 bridgehead atoms. The molecule has 0 aliphatic carbocycles. The molecule has 0 saturated carbocycles. The standard InChI is InChI=1S/C21H18ClN3O2/c1-27-20-7-6-16(11-18(20)22)24-21(26)15-10-17(13-23-12-15)25-9-8-14-4-2-3-5-19(14)25/h2-7,10-13H,8-9H2,1H3,(H,24,26). The van der Waals surface area contributed by atoms with Crippen molar-refractivity contribution < 1.29 is 9.53 Å². The minimum absolute atomic E-state index is 0.238. The van der Waals surface area contributed by atoms with Gasteiger partial charge in [-0.3, -0.25) is 9.78 Å². The molecule has 6 heteroatoms. The second kappa shape index (κ2) is 7.29. The molecule has 0 atom stereocenters. The number of para-hydroxylation sites is 1. The Balaban J connectivity index is 1.56. The highest BCUT2D eigenvalue weighted by Crippen LogP contribution is 2.34. The Morgan fingerprint density at radius 1 is 1.19 bits per heavy atom. The summed E-state index contributed by atoms with van der Waals surface area (Å²) in [5, 5.41) is 3.29. The highest BCUT2D eigenvalue weighted by molar-refractivity contribution is 6.32. The van der Waals surface area contributed by atoms with Crippen LogP contribution in [0, 0.1) is 0 Å². The number of hydrogen-bond donors (Lipinski definition) is 1. The largest absolute Gasteiger partial charge is 0.495 e. The van der Waals surface area contributed by atoms with E-state index in [0.29, 0.717) is 22.0 Å². The lowest BCUT2D eigenvalue weighted by Gasteiger charge is -2.19. The summed E-state index contributed by atoms with van der Waals surface area (Å²) in [7, 11) is 1.55. The molecule has 3 aromatic rings. The average Bonchev–Trinajstić information content (AvgIpc) is 3.12. The van der Waals surface area contributed by atoms with Gasteiger partial charge in [-0.15, -0.1) is 0 Å². The van der Waals surface area contributed by atoms with Gasteiger partial charge in [0.05, 0.1) is 29.6 Å². The van der Waals surface area contributed by atoms with Crippen molar-refractivity contribution in [2.75, 3.05) is 23.9 Å². The molecular formula is C21H18ClN3O2. The summed E-state index contributed by atoms with van der Waals surface area (Å²) in [5.41, 5.74) is 4.46. The van der Waals surface area contributed by atoms with E-state index in [9.17, 15) is 4.79 Å². The van der Waals surface area contributed by atoms with E-state index in [-0.39, 0.29) is 5.91 Å². The number of fused-ring (bicyclic) bond motifs is 1. The lowest BCUT2D eigenvalue weighted by Crippen LogP contribution is -2.16. The van der Waals surface area contributed by atoms with Crippen molar-refractivity contribution in [2.24, 2.45) is 0 Å². The van der Waals surface area contributed by atoms with Crippen LogP contribution in [0.4, 0.5) is 17.1 Å². The maximum Gasteiger partial charge on any atom is 0.257 e. The van der Waals surface area contributed by atoms with Crippen LogP contribution in [0.1, 0.15) is 15.9 Å². The van der Waals surface area contributed by atoms with Gasteiger partial charge < -0.3 is 15.0 Å². The number of nitrogens with one attached hydrogen (secondary N) is 1. The molecule has 1 N–H and O–H groups in total. The van der Waals surface area contributed by atoms with Crippen LogP contribution in [0.3, 0.4) is 0 Å². The summed E-state index contributed by atoms with van der Waals surface area (Å²) >= 11 is 6.12. The van der Waals surface area contributed by atoms with Crippen LogP contribution in [0.15, 0.2) is 60.9 Å². The molecule has 0 spiro atoms. The summed E-state index contributed by atoms with van der Waals surface area (Å²) in [5.74, 6) is 0.323. The third kappa shape index (κ3) is 3.46. The predicted octanol–water partition coefficient (Wildman–Crippen LogP) is 4.69. The van der Waals surface area contributed by atoms with Gasteiger partial charge in [-0.1, -0.05) is 29.8 Å². The molecule has 1 aromatic heterocycles.